The number of aromatic hydroxyl groups is 1. The molecule has 1 aromatic rings. The second-order valence-electron chi connectivity index (χ2n) is 1.31. The second-order valence-corrected chi connectivity index (χ2v) is 1.31. The van der Waals surface area contributed by atoms with Crippen molar-refractivity contribution < 1.29 is 9.52 Å². The monoisotopic (exact) mass is 196 g/mol. The fourth-order valence-electron chi connectivity index (χ4n) is 0.375. The molecule has 0 amide bonds. The molecule has 0 aliphatic rings. The van der Waals surface area contributed by atoms with Gasteiger partial charge in [0.25, 0.3) is 5.95 Å². The standard InChI is InChI=1S/C5H4O3.CH3.Ga/c6-4-1-2-8-5(7)3-4;;/h1-3,7H;1H3;. The molecule has 0 saturated carbocycles. The third-order valence-corrected chi connectivity index (χ3v) is 0.687. The van der Waals surface area contributed by atoms with E-state index in [1.165, 1.54) is 6.07 Å². The Labute approximate surface area is 68.6 Å². The molecule has 0 aromatic carbocycles. The van der Waals surface area contributed by atoms with Crippen molar-refractivity contribution in [2.75, 3.05) is 0 Å². The van der Waals surface area contributed by atoms with Gasteiger partial charge in [0.05, 0.1) is 12.3 Å². The number of hydrogen-bond donors (Lipinski definition) is 1. The van der Waals surface area contributed by atoms with E-state index in [4.69, 9.17) is 5.11 Å². The zero-order chi connectivity index (χ0) is 7.98. The van der Waals surface area contributed by atoms with Gasteiger partial charge < -0.3 is 9.52 Å². The summed E-state index contributed by atoms with van der Waals surface area (Å²) in [6.07, 6.45) is 1.14. The summed E-state index contributed by atoms with van der Waals surface area (Å²) >= 11 is 1.69. The van der Waals surface area contributed by atoms with Crippen LogP contribution in [0.3, 0.4) is 0 Å². The van der Waals surface area contributed by atoms with Gasteiger partial charge in [0.1, 0.15) is 0 Å². The molecule has 3 nitrogen and oxygen atoms in total. The molecular formula is C6H7GaO3. The van der Waals surface area contributed by atoms with Gasteiger partial charge in [-0.1, -0.05) is 0 Å². The van der Waals surface area contributed by atoms with E-state index in [-0.39, 0.29) is 11.4 Å². The van der Waals surface area contributed by atoms with Crippen LogP contribution in [0.4, 0.5) is 0 Å². The average molecular weight is 197 g/mol. The minimum absolute atomic E-state index is 0.256. The summed E-state index contributed by atoms with van der Waals surface area (Å²) in [6, 6.07) is 2.22. The Morgan fingerprint density at radius 3 is 2.50 bits per heavy atom. The van der Waals surface area contributed by atoms with Crippen molar-refractivity contribution >= 4 is 18.6 Å². The number of rotatable bonds is 0. The Hall–Kier alpha value is -0.614. The topological polar surface area (TPSA) is 50.4 Å². The van der Waals surface area contributed by atoms with Gasteiger partial charge in [0.15, 0.2) is 5.43 Å². The first-order valence-electron chi connectivity index (χ1n) is 2.64. The zero-order valence-corrected chi connectivity index (χ0v) is 8.00. The van der Waals surface area contributed by atoms with Crippen molar-refractivity contribution in [1.29, 1.82) is 0 Å². The Morgan fingerprint density at radius 2 is 2.20 bits per heavy atom. The first-order chi connectivity index (χ1) is 4.79. The van der Waals surface area contributed by atoms with E-state index >= 15 is 0 Å². The summed E-state index contributed by atoms with van der Waals surface area (Å²) < 4.78 is 4.36. The Bertz CT molecular complexity index is 230. The molecule has 4 heteroatoms. The van der Waals surface area contributed by atoms with Crippen LogP contribution in [0.2, 0.25) is 5.48 Å². The molecule has 0 atom stereocenters. The SMILES string of the molecule is O=c1ccoc(O)c1.[CH3][Ga]. The van der Waals surface area contributed by atoms with E-state index in [1.807, 2.05) is 0 Å². The summed E-state index contributed by atoms with van der Waals surface area (Å²) in [5.74, 6) is -0.350. The Morgan fingerprint density at radius 1 is 1.60 bits per heavy atom. The van der Waals surface area contributed by atoms with Crippen molar-refractivity contribution in [2.45, 2.75) is 5.48 Å². The normalized spacial score (nSPS) is 7.70. The van der Waals surface area contributed by atoms with Crippen LogP contribution in [0.1, 0.15) is 0 Å². The fourth-order valence-corrected chi connectivity index (χ4v) is 0.375. The summed E-state index contributed by atoms with van der Waals surface area (Å²) in [5.41, 5.74) is 1.81. The van der Waals surface area contributed by atoms with Crippen LogP contribution in [-0.4, -0.2) is 23.7 Å². The summed E-state index contributed by atoms with van der Waals surface area (Å²) in [5, 5.41) is 8.45. The quantitative estimate of drug-likeness (QED) is 0.617. The first-order valence-corrected chi connectivity index (χ1v) is 5.07. The molecule has 1 heterocycles. The maximum absolute atomic E-state index is 10.3. The van der Waals surface area contributed by atoms with Crippen LogP contribution in [0.15, 0.2) is 27.6 Å². The third-order valence-electron chi connectivity index (χ3n) is 0.687. The van der Waals surface area contributed by atoms with Crippen molar-refractivity contribution in [3.8, 4) is 5.95 Å². The Kier molecular flexibility index (Phi) is 4.87. The van der Waals surface area contributed by atoms with Gasteiger partial charge in [-0.15, -0.1) is 0 Å². The number of hydrogen-bond acceptors (Lipinski definition) is 3. The van der Waals surface area contributed by atoms with Crippen LogP contribution in [-0.2, 0) is 0 Å². The zero-order valence-electron chi connectivity index (χ0n) is 5.57. The van der Waals surface area contributed by atoms with E-state index in [0.29, 0.717) is 0 Å². The van der Waals surface area contributed by atoms with Crippen LogP contribution < -0.4 is 5.43 Å². The van der Waals surface area contributed by atoms with E-state index in [1.54, 1.807) is 18.6 Å². The average Bonchev–Trinajstić information content (AvgIpc) is 1.91. The molecule has 0 aliphatic heterocycles. The van der Waals surface area contributed by atoms with E-state index in [0.717, 1.165) is 12.3 Å². The van der Waals surface area contributed by atoms with Crippen LogP contribution >= 0.6 is 0 Å². The molecule has 0 aliphatic carbocycles. The molecule has 0 bridgehead atoms. The van der Waals surface area contributed by atoms with Crippen molar-refractivity contribution in [1.82, 2.24) is 0 Å². The summed E-state index contributed by atoms with van der Waals surface area (Å²) in [7, 11) is 0. The van der Waals surface area contributed by atoms with Gasteiger partial charge in [-0.05, 0) is 0 Å². The van der Waals surface area contributed by atoms with E-state index < -0.39 is 0 Å². The molecule has 1 aromatic heterocycles. The van der Waals surface area contributed by atoms with Crippen LogP contribution in [0, 0.1) is 0 Å². The minimum atomic E-state index is -0.350. The fraction of sp³-hybridized carbons (Fsp3) is 0.167. The van der Waals surface area contributed by atoms with Gasteiger partial charge in [-0.3, -0.25) is 4.79 Å². The van der Waals surface area contributed by atoms with Gasteiger partial charge in [0.2, 0.25) is 0 Å². The van der Waals surface area contributed by atoms with Gasteiger partial charge in [0, 0.05) is 6.07 Å². The molecule has 0 saturated heterocycles. The Balaban J connectivity index is 0.000000371. The van der Waals surface area contributed by atoms with Crippen molar-refractivity contribution in [2.24, 2.45) is 0 Å². The first kappa shape index (κ1) is 9.39. The predicted octanol–water partition coefficient (Wildman–Crippen LogP) is 0.548. The summed E-state index contributed by atoms with van der Waals surface area (Å²) in [4.78, 5) is 10.3. The molecule has 2 radical (unpaired) electrons. The van der Waals surface area contributed by atoms with Crippen LogP contribution in [0.25, 0.3) is 0 Å². The third kappa shape index (κ3) is 3.42. The van der Waals surface area contributed by atoms with Crippen molar-refractivity contribution in [3.63, 3.8) is 0 Å². The maximum atomic E-state index is 10.3. The van der Waals surface area contributed by atoms with Gasteiger partial charge in [-0.25, -0.2) is 0 Å². The van der Waals surface area contributed by atoms with Crippen molar-refractivity contribution in [3.05, 3.63) is 28.6 Å². The molecule has 0 spiro atoms. The summed E-state index contributed by atoms with van der Waals surface area (Å²) in [6.45, 7) is 0. The molecule has 10 heavy (non-hydrogen) atoms. The molecule has 1 N–H and O–H groups in total. The molecular weight excluding hydrogens is 190 g/mol. The van der Waals surface area contributed by atoms with E-state index in [2.05, 4.69) is 9.90 Å². The molecule has 0 unspecified atom stereocenters. The van der Waals surface area contributed by atoms with Gasteiger partial charge in [-0.2, -0.15) is 0 Å². The molecule has 52 valence electrons. The second kappa shape index (κ2) is 5.19. The molecule has 1 rings (SSSR count). The predicted molar refractivity (Wildman–Crippen MR) is 38.3 cm³/mol. The van der Waals surface area contributed by atoms with E-state index in [9.17, 15) is 4.79 Å². The van der Waals surface area contributed by atoms with Gasteiger partial charge >= 0.3 is 24.1 Å². The van der Waals surface area contributed by atoms with Crippen LogP contribution in [0.5, 0.6) is 5.95 Å². The molecule has 0 fully saturated rings.